The van der Waals surface area contributed by atoms with Crippen LogP contribution in [-0.4, -0.2) is 36.5 Å². The number of H-pyrrole nitrogens is 1. The predicted octanol–water partition coefficient (Wildman–Crippen LogP) is 2.06. The number of aromatic nitrogens is 5. The maximum Gasteiger partial charge on any atom is 0.362 e. The molecular weight excluding hydrogens is 286 g/mol. The summed E-state index contributed by atoms with van der Waals surface area (Å²) in [5.41, 5.74) is 1.54. The Morgan fingerprint density at radius 3 is 2.45 bits per heavy atom. The Bertz CT molecular complexity index is 796. The van der Waals surface area contributed by atoms with Crippen molar-refractivity contribution in [1.29, 1.82) is 0 Å². The van der Waals surface area contributed by atoms with Gasteiger partial charge in [-0.15, -0.1) is 5.10 Å². The van der Waals surface area contributed by atoms with Crippen molar-refractivity contribution in [3.63, 3.8) is 0 Å². The van der Waals surface area contributed by atoms with E-state index in [0.717, 1.165) is 11.1 Å². The van der Waals surface area contributed by atoms with E-state index in [1.807, 2.05) is 19.1 Å². The summed E-state index contributed by atoms with van der Waals surface area (Å²) in [6, 6.07) is 7.07. The van der Waals surface area contributed by atoms with E-state index in [1.54, 1.807) is 24.5 Å². The molecule has 3 aromatic rings. The summed E-state index contributed by atoms with van der Waals surface area (Å²) >= 11 is 0. The first-order chi connectivity index (χ1) is 10.6. The van der Waals surface area contributed by atoms with Crippen molar-refractivity contribution in [1.82, 2.24) is 25.4 Å². The molecule has 3 rings (SSSR count). The Balaban J connectivity index is 1.81. The number of aromatic amines is 1. The van der Waals surface area contributed by atoms with E-state index in [1.165, 1.54) is 0 Å². The summed E-state index contributed by atoms with van der Waals surface area (Å²) in [7, 11) is 0. The summed E-state index contributed by atoms with van der Waals surface area (Å²) in [4.78, 5) is 19.2. The quantitative estimate of drug-likeness (QED) is 0.757. The van der Waals surface area contributed by atoms with Crippen LogP contribution in [-0.2, 0) is 0 Å². The van der Waals surface area contributed by atoms with Crippen molar-refractivity contribution in [3.8, 4) is 22.8 Å². The first-order valence-corrected chi connectivity index (χ1v) is 6.35. The fourth-order valence-electron chi connectivity index (χ4n) is 1.80. The number of carbonyl (C=O) groups is 1. The molecule has 0 aliphatic heterocycles. The molecule has 110 valence electrons. The van der Waals surface area contributed by atoms with Gasteiger partial charge in [-0.1, -0.05) is 17.3 Å². The largest absolute Gasteiger partial charge is 0.476 e. The van der Waals surface area contributed by atoms with Crippen LogP contribution < -0.4 is 4.74 Å². The van der Waals surface area contributed by atoms with Crippen LogP contribution in [0.25, 0.3) is 11.1 Å². The molecule has 0 saturated carbocycles. The fourth-order valence-corrected chi connectivity index (χ4v) is 1.80. The molecule has 8 heteroatoms. The molecule has 0 fully saturated rings. The fraction of sp³-hybridized carbons (Fsp3) is 0.0714. The van der Waals surface area contributed by atoms with Crippen LogP contribution in [0.1, 0.15) is 16.3 Å². The van der Waals surface area contributed by atoms with E-state index < -0.39 is 5.97 Å². The number of ether oxygens (including phenoxy) is 1. The average Bonchev–Trinajstić information content (AvgIpc) is 2.97. The van der Waals surface area contributed by atoms with E-state index in [-0.39, 0.29) is 11.6 Å². The number of carboxylic acids is 1. The lowest BCUT2D eigenvalue weighted by atomic mass is 10.1. The number of aromatic carboxylic acids is 1. The van der Waals surface area contributed by atoms with Crippen molar-refractivity contribution in [2.45, 2.75) is 6.92 Å². The van der Waals surface area contributed by atoms with E-state index >= 15 is 0 Å². The standard InChI is InChI=1S/C14H11N5O3/c1-8-15-6-10(7-16-8)9-2-4-11(5-3-9)22-13-12(14(20)21)17-19-18-13/h2-7H,1H3,(H,20,21)(H,17,18,19). The SMILES string of the molecule is Cc1ncc(-c2ccc(Oc3[nH]nnc3C(=O)O)cc2)cn1. The van der Waals surface area contributed by atoms with Gasteiger partial charge in [0.15, 0.2) is 0 Å². The summed E-state index contributed by atoms with van der Waals surface area (Å²) in [5, 5.41) is 18.2. The Labute approximate surface area is 124 Å². The molecule has 0 aliphatic carbocycles. The van der Waals surface area contributed by atoms with Crippen LogP contribution in [0, 0.1) is 6.92 Å². The average molecular weight is 297 g/mol. The highest BCUT2D eigenvalue weighted by Gasteiger charge is 2.16. The highest BCUT2D eigenvalue weighted by Crippen LogP contribution is 2.25. The second-order valence-electron chi connectivity index (χ2n) is 4.44. The third-order valence-corrected chi connectivity index (χ3v) is 2.91. The lowest BCUT2D eigenvalue weighted by molar-refractivity contribution is 0.0687. The molecule has 0 unspecified atom stereocenters. The van der Waals surface area contributed by atoms with Crippen LogP contribution >= 0.6 is 0 Å². The zero-order valence-corrected chi connectivity index (χ0v) is 11.5. The molecule has 2 heterocycles. The second-order valence-corrected chi connectivity index (χ2v) is 4.44. The van der Waals surface area contributed by atoms with Crippen molar-refractivity contribution in [2.24, 2.45) is 0 Å². The monoisotopic (exact) mass is 297 g/mol. The number of carboxylic acid groups (broad SMARTS) is 1. The zero-order valence-electron chi connectivity index (χ0n) is 11.5. The molecule has 1 aromatic carbocycles. The minimum absolute atomic E-state index is 0.0149. The molecule has 8 nitrogen and oxygen atoms in total. The van der Waals surface area contributed by atoms with E-state index in [2.05, 4.69) is 25.4 Å². The molecule has 0 spiro atoms. The normalized spacial score (nSPS) is 10.4. The van der Waals surface area contributed by atoms with Gasteiger partial charge in [0.2, 0.25) is 5.69 Å². The van der Waals surface area contributed by atoms with Crippen LogP contribution in [0.3, 0.4) is 0 Å². The molecule has 0 bridgehead atoms. The number of hydrogen-bond donors (Lipinski definition) is 2. The summed E-state index contributed by atoms with van der Waals surface area (Å²) in [5.74, 6) is -0.0573. The Morgan fingerprint density at radius 2 is 1.82 bits per heavy atom. The number of rotatable bonds is 4. The van der Waals surface area contributed by atoms with Gasteiger partial charge in [-0.2, -0.15) is 0 Å². The number of aryl methyl sites for hydroxylation is 1. The molecule has 22 heavy (non-hydrogen) atoms. The van der Waals surface area contributed by atoms with E-state index in [4.69, 9.17) is 9.84 Å². The lowest BCUT2D eigenvalue weighted by Gasteiger charge is -2.05. The maximum absolute atomic E-state index is 10.9. The second kappa shape index (κ2) is 5.60. The highest BCUT2D eigenvalue weighted by molar-refractivity contribution is 5.87. The maximum atomic E-state index is 10.9. The van der Waals surface area contributed by atoms with E-state index in [9.17, 15) is 4.79 Å². The van der Waals surface area contributed by atoms with Gasteiger partial charge in [0.25, 0.3) is 5.88 Å². The third-order valence-electron chi connectivity index (χ3n) is 2.91. The minimum atomic E-state index is -1.21. The topological polar surface area (TPSA) is 114 Å². The molecule has 2 aromatic heterocycles. The molecule has 0 radical (unpaired) electrons. The van der Waals surface area contributed by atoms with Gasteiger partial charge in [0.1, 0.15) is 11.6 Å². The van der Waals surface area contributed by atoms with Crippen LogP contribution in [0.2, 0.25) is 0 Å². The van der Waals surface area contributed by atoms with E-state index in [0.29, 0.717) is 11.6 Å². The van der Waals surface area contributed by atoms with Gasteiger partial charge in [0, 0.05) is 18.0 Å². The smallest absolute Gasteiger partial charge is 0.362 e. The van der Waals surface area contributed by atoms with Crippen LogP contribution in [0.5, 0.6) is 11.6 Å². The minimum Gasteiger partial charge on any atom is -0.476 e. The molecule has 0 amide bonds. The molecule has 0 aliphatic rings. The van der Waals surface area contributed by atoms with Gasteiger partial charge >= 0.3 is 5.97 Å². The molecule has 2 N–H and O–H groups in total. The Morgan fingerprint density at radius 1 is 1.14 bits per heavy atom. The Kier molecular flexibility index (Phi) is 3.48. The van der Waals surface area contributed by atoms with Gasteiger partial charge in [-0.3, -0.25) is 0 Å². The first-order valence-electron chi connectivity index (χ1n) is 6.35. The Hall–Kier alpha value is -3.29. The lowest BCUT2D eigenvalue weighted by Crippen LogP contribution is -1.99. The van der Waals surface area contributed by atoms with Gasteiger partial charge < -0.3 is 9.84 Å². The van der Waals surface area contributed by atoms with Crippen molar-refractivity contribution < 1.29 is 14.6 Å². The highest BCUT2D eigenvalue weighted by atomic mass is 16.5. The number of nitrogens with zero attached hydrogens (tertiary/aromatic N) is 4. The van der Waals surface area contributed by atoms with Crippen molar-refractivity contribution in [3.05, 3.63) is 48.2 Å². The van der Waals surface area contributed by atoms with Crippen LogP contribution in [0.4, 0.5) is 0 Å². The summed E-state index contributed by atoms with van der Waals surface area (Å²) in [6.07, 6.45) is 3.47. The number of nitrogens with one attached hydrogen (secondary N) is 1. The molecular formula is C14H11N5O3. The molecule has 0 atom stereocenters. The number of benzene rings is 1. The number of hydrogen-bond acceptors (Lipinski definition) is 6. The van der Waals surface area contributed by atoms with Gasteiger partial charge in [-0.25, -0.2) is 19.9 Å². The summed E-state index contributed by atoms with van der Waals surface area (Å²) in [6.45, 7) is 1.82. The van der Waals surface area contributed by atoms with Crippen molar-refractivity contribution >= 4 is 5.97 Å². The van der Waals surface area contributed by atoms with Crippen molar-refractivity contribution in [2.75, 3.05) is 0 Å². The first kappa shape index (κ1) is 13.7. The summed E-state index contributed by atoms with van der Waals surface area (Å²) < 4.78 is 5.43. The predicted molar refractivity (Wildman–Crippen MR) is 75.6 cm³/mol. The van der Waals surface area contributed by atoms with Gasteiger partial charge in [0.05, 0.1) is 0 Å². The zero-order chi connectivity index (χ0) is 15.5. The molecule has 0 saturated heterocycles. The third kappa shape index (κ3) is 2.75. The van der Waals surface area contributed by atoms with Gasteiger partial charge in [-0.05, 0) is 24.6 Å². The van der Waals surface area contributed by atoms with Crippen LogP contribution in [0.15, 0.2) is 36.7 Å².